The summed E-state index contributed by atoms with van der Waals surface area (Å²) in [7, 11) is 2.25. The summed E-state index contributed by atoms with van der Waals surface area (Å²) in [4.78, 5) is 0. The molecule has 1 aromatic heterocycles. The fourth-order valence-corrected chi connectivity index (χ4v) is 5.61. The molecule has 0 unspecified atom stereocenters. The van der Waals surface area contributed by atoms with Crippen molar-refractivity contribution in [3.8, 4) is 11.4 Å². The first-order valence-corrected chi connectivity index (χ1v) is 10.1. The smallest absolute Gasteiger partial charge is 0.225 e. The van der Waals surface area contributed by atoms with E-state index in [1.54, 1.807) is 0 Å². The lowest BCUT2D eigenvalue weighted by molar-refractivity contribution is -0.634. The Bertz CT molecular complexity index is 1170. The molecule has 142 valence electrons. The first kappa shape index (κ1) is 18.3. The summed E-state index contributed by atoms with van der Waals surface area (Å²) >= 11 is 0. The van der Waals surface area contributed by atoms with Gasteiger partial charge in [-0.05, 0) is 103 Å². The SMILES string of the molecule is Cc1c(C)c(C)c2c(c1C)-c1n(c3c(C)c(C)c(C)c(C)c3[n+]1C)C2(C)C. The standard InChI is InChI=1S/C25H33N2/c1-12-13(2)17(6)21-20(16(12)5)24-26(11)22-18(7)14(3)15(4)19(8)23(22)27(24)25(21,9)10/h1-11H3/q+1. The van der Waals surface area contributed by atoms with Gasteiger partial charge in [-0.25, -0.2) is 9.13 Å². The zero-order chi connectivity index (χ0) is 20.2. The van der Waals surface area contributed by atoms with Gasteiger partial charge in [0.05, 0.1) is 12.6 Å². The Morgan fingerprint density at radius 2 is 1.11 bits per heavy atom. The molecule has 2 heterocycles. The van der Waals surface area contributed by atoms with Gasteiger partial charge in [0.25, 0.3) is 5.82 Å². The fraction of sp³-hybridized carbons (Fsp3) is 0.480. The summed E-state index contributed by atoms with van der Waals surface area (Å²) in [6.45, 7) is 23.1. The number of aromatic nitrogens is 2. The number of imidazole rings is 1. The van der Waals surface area contributed by atoms with Gasteiger partial charge in [0.2, 0.25) is 0 Å². The van der Waals surface area contributed by atoms with Crippen molar-refractivity contribution in [3.05, 3.63) is 50.1 Å². The van der Waals surface area contributed by atoms with Crippen molar-refractivity contribution in [2.75, 3.05) is 0 Å². The van der Waals surface area contributed by atoms with Crippen LogP contribution in [0.5, 0.6) is 0 Å². The number of aryl methyl sites for hydroxylation is 3. The quantitative estimate of drug-likeness (QED) is 0.454. The highest BCUT2D eigenvalue weighted by Gasteiger charge is 2.49. The molecule has 0 N–H and O–H groups in total. The monoisotopic (exact) mass is 361 g/mol. The third kappa shape index (κ3) is 1.89. The maximum Gasteiger partial charge on any atom is 0.291 e. The van der Waals surface area contributed by atoms with Crippen molar-refractivity contribution in [1.29, 1.82) is 0 Å². The van der Waals surface area contributed by atoms with Crippen molar-refractivity contribution >= 4 is 11.0 Å². The number of hydrogen-bond donors (Lipinski definition) is 0. The minimum absolute atomic E-state index is 0.0591. The second-order valence-corrected chi connectivity index (χ2v) is 9.22. The van der Waals surface area contributed by atoms with Crippen LogP contribution in [0.3, 0.4) is 0 Å². The lowest BCUT2D eigenvalue weighted by Crippen LogP contribution is -2.31. The summed E-state index contributed by atoms with van der Waals surface area (Å²) in [6, 6.07) is 0. The molecule has 0 amide bonds. The highest BCUT2D eigenvalue weighted by Crippen LogP contribution is 2.50. The van der Waals surface area contributed by atoms with Crippen molar-refractivity contribution < 1.29 is 4.57 Å². The molecule has 0 fully saturated rings. The van der Waals surface area contributed by atoms with E-state index in [0.29, 0.717) is 0 Å². The van der Waals surface area contributed by atoms with Gasteiger partial charge < -0.3 is 0 Å². The maximum atomic E-state index is 2.63. The van der Waals surface area contributed by atoms with Crippen LogP contribution in [0.4, 0.5) is 0 Å². The molecule has 0 saturated carbocycles. The Kier molecular flexibility index (Phi) is 3.55. The van der Waals surface area contributed by atoms with Gasteiger partial charge in [-0.15, -0.1) is 0 Å². The molecule has 0 saturated heterocycles. The predicted octanol–water partition coefficient (Wildman–Crippen LogP) is 5.70. The van der Waals surface area contributed by atoms with E-state index in [4.69, 9.17) is 0 Å². The van der Waals surface area contributed by atoms with Gasteiger partial charge in [-0.3, -0.25) is 0 Å². The number of hydrogen-bond acceptors (Lipinski definition) is 0. The molecule has 2 heteroatoms. The van der Waals surface area contributed by atoms with Gasteiger partial charge in [-0.1, -0.05) is 0 Å². The summed E-state index contributed by atoms with van der Waals surface area (Å²) in [5.74, 6) is 1.37. The molecule has 3 aromatic rings. The highest BCUT2D eigenvalue weighted by molar-refractivity contribution is 5.89. The van der Waals surface area contributed by atoms with E-state index in [-0.39, 0.29) is 5.54 Å². The normalized spacial score (nSPS) is 14.8. The fourth-order valence-electron chi connectivity index (χ4n) is 5.61. The third-order valence-electron chi connectivity index (χ3n) is 7.79. The van der Waals surface area contributed by atoms with Crippen LogP contribution < -0.4 is 4.57 Å². The molecule has 1 aliphatic heterocycles. The van der Waals surface area contributed by atoms with E-state index in [1.807, 2.05) is 0 Å². The molecule has 0 spiro atoms. The van der Waals surface area contributed by atoms with Crippen LogP contribution in [0.15, 0.2) is 0 Å². The van der Waals surface area contributed by atoms with Gasteiger partial charge in [0.15, 0.2) is 11.0 Å². The van der Waals surface area contributed by atoms with E-state index >= 15 is 0 Å². The van der Waals surface area contributed by atoms with Crippen LogP contribution in [0, 0.1) is 55.4 Å². The molecule has 0 aliphatic carbocycles. The van der Waals surface area contributed by atoms with Crippen LogP contribution in [-0.2, 0) is 12.6 Å². The van der Waals surface area contributed by atoms with Crippen molar-refractivity contribution in [2.24, 2.45) is 7.05 Å². The largest absolute Gasteiger partial charge is 0.291 e. The third-order valence-corrected chi connectivity index (χ3v) is 7.79. The lowest BCUT2D eigenvalue weighted by Gasteiger charge is -2.24. The molecular weight excluding hydrogens is 328 g/mol. The Morgan fingerprint density at radius 1 is 0.630 bits per heavy atom. The predicted molar refractivity (Wildman–Crippen MR) is 115 cm³/mol. The number of benzene rings is 2. The van der Waals surface area contributed by atoms with Crippen LogP contribution in [-0.4, -0.2) is 4.57 Å². The minimum atomic E-state index is -0.0591. The summed E-state index contributed by atoms with van der Waals surface area (Å²) in [5.41, 5.74) is 17.1. The van der Waals surface area contributed by atoms with Crippen molar-refractivity contribution in [1.82, 2.24) is 4.57 Å². The second-order valence-electron chi connectivity index (χ2n) is 9.22. The zero-order valence-electron chi connectivity index (χ0n) is 18.9. The zero-order valence-corrected chi connectivity index (χ0v) is 18.9. The Hall–Kier alpha value is -2.09. The van der Waals surface area contributed by atoms with Crippen LogP contribution in [0.2, 0.25) is 0 Å². The maximum absolute atomic E-state index is 2.63. The molecule has 0 bridgehead atoms. The van der Waals surface area contributed by atoms with Crippen molar-refractivity contribution in [3.63, 3.8) is 0 Å². The molecule has 0 atom stereocenters. The summed E-state index contributed by atoms with van der Waals surface area (Å²) in [5, 5.41) is 0. The van der Waals surface area contributed by atoms with E-state index in [1.165, 1.54) is 72.5 Å². The molecule has 27 heavy (non-hydrogen) atoms. The van der Waals surface area contributed by atoms with E-state index < -0.39 is 0 Å². The molecular formula is C25H33N2+. The van der Waals surface area contributed by atoms with Crippen LogP contribution >= 0.6 is 0 Å². The molecule has 0 radical (unpaired) electrons. The topological polar surface area (TPSA) is 8.81 Å². The molecule has 2 nitrogen and oxygen atoms in total. The first-order chi connectivity index (χ1) is 12.4. The van der Waals surface area contributed by atoms with Gasteiger partial charge >= 0.3 is 0 Å². The first-order valence-electron chi connectivity index (χ1n) is 10.1. The lowest BCUT2D eigenvalue weighted by atomic mass is 9.82. The van der Waals surface area contributed by atoms with Crippen LogP contribution in [0.1, 0.15) is 63.9 Å². The molecule has 4 rings (SSSR count). The van der Waals surface area contributed by atoms with E-state index in [2.05, 4.69) is 85.4 Å². The average Bonchev–Trinajstić information content (AvgIpc) is 3.05. The highest BCUT2D eigenvalue weighted by atomic mass is 15.2. The minimum Gasteiger partial charge on any atom is -0.225 e. The van der Waals surface area contributed by atoms with Crippen LogP contribution in [0.25, 0.3) is 22.4 Å². The van der Waals surface area contributed by atoms with Gasteiger partial charge in [0, 0.05) is 16.7 Å². The molecule has 1 aliphatic rings. The number of fused-ring (bicyclic) bond motifs is 5. The van der Waals surface area contributed by atoms with Gasteiger partial charge in [0.1, 0.15) is 5.54 Å². The number of nitrogens with zero attached hydrogens (tertiary/aromatic N) is 2. The van der Waals surface area contributed by atoms with Crippen molar-refractivity contribution in [2.45, 2.75) is 74.8 Å². The summed E-state index contributed by atoms with van der Waals surface area (Å²) < 4.78 is 5.08. The Balaban J connectivity index is 2.34. The van der Waals surface area contributed by atoms with E-state index in [9.17, 15) is 0 Å². The Morgan fingerprint density at radius 3 is 1.70 bits per heavy atom. The van der Waals surface area contributed by atoms with Gasteiger partial charge in [-0.2, -0.15) is 0 Å². The summed E-state index contributed by atoms with van der Waals surface area (Å²) in [6.07, 6.45) is 0. The van der Waals surface area contributed by atoms with E-state index in [0.717, 1.165) is 0 Å². The average molecular weight is 362 g/mol. The molecule has 2 aromatic carbocycles. The Labute approximate surface area is 163 Å². The number of rotatable bonds is 0. The second kappa shape index (κ2) is 5.25.